The van der Waals surface area contributed by atoms with Crippen LogP contribution >= 0.6 is 11.8 Å². The van der Waals surface area contributed by atoms with Crippen LogP contribution in [0.15, 0.2) is 25.3 Å². The fraction of sp³-hybridized carbons (Fsp3) is 0.774. The van der Waals surface area contributed by atoms with E-state index in [9.17, 15) is 19.5 Å². The van der Waals surface area contributed by atoms with E-state index in [1.54, 1.807) is 22.7 Å². The van der Waals surface area contributed by atoms with Crippen molar-refractivity contribution in [1.82, 2.24) is 9.80 Å². The number of aliphatic hydroxyl groups is 1. The molecule has 3 aliphatic heterocycles. The number of likely N-dealkylation sites (tertiary alicyclic amines) is 1. The van der Waals surface area contributed by atoms with E-state index in [-0.39, 0.29) is 36.4 Å². The average molecular weight is 561 g/mol. The Bertz CT molecular complexity index is 949. The highest BCUT2D eigenvalue weighted by Crippen LogP contribution is 2.72. The molecule has 0 aromatic rings. The lowest BCUT2D eigenvalue weighted by Crippen LogP contribution is -2.60. The van der Waals surface area contributed by atoms with E-state index in [1.165, 1.54) is 6.42 Å². The maximum absolute atomic E-state index is 14.7. The van der Waals surface area contributed by atoms with Crippen molar-refractivity contribution >= 4 is 29.5 Å². The minimum Gasteiger partial charge on any atom is -0.465 e. The fourth-order valence-electron chi connectivity index (χ4n) is 7.74. The van der Waals surface area contributed by atoms with Gasteiger partial charge in [0.2, 0.25) is 11.8 Å². The molecule has 0 radical (unpaired) electrons. The Labute approximate surface area is 238 Å². The van der Waals surface area contributed by atoms with Crippen molar-refractivity contribution in [3.8, 4) is 0 Å². The van der Waals surface area contributed by atoms with Crippen LogP contribution in [0, 0.1) is 17.8 Å². The van der Waals surface area contributed by atoms with Gasteiger partial charge in [-0.1, -0.05) is 45.3 Å². The molecule has 3 heterocycles. The third kappa shape index (κ3) is 5.32. The summed E-state index contributed by atoms with van der Waals surface area (Å²) < 4.78 is 4.62. The summed E-state index contributed by atoms with van der Waals surface area (Å²) in [4.78, 5) is 46.3. The first-order valence-electron chi connectivity index (χ1n) is 15.0. The highest BCUT2D eigenvalue weighted by molar-refractivity contribution is 8.02. The van der Waals surface area contributed by atoms with E-state index in [0.717, 1.165) is 51.4 Å². The van der Waals surface area contributed by atoms with Gasteiger partial charge in [0.1, 0.15) is 6.04 Å². The quantitative estimate of drug-likeness (QED) is 0.199. The number of carbonyl (C=O) groups excluding carboxylic acids is 3. The summed E-state index contributed by atoms with van der Waals surface area (Å²) in [7, 11) is 0. The first kappa shape index (κ1) is 30.2. The summed E-state index contributed by atoms with van der Waals surface area (Å²) in [6.45, 7) is 14.2. The number of fused-ring (bicyclic) bond motifs is 1. The molecular weight excluding hydrogens is 512 g/mol. The first-order valence-corrected chi connectivity index (χ1v) is 15.8. The third-order valence-corrected chi connectivity index (χ3v) is 11.7. The summed E-state index contributed by atoms with van der Waals surface area (Å²) in [5, 5.41) is 10.5. The van der Waals surface area contributed by atoms with E-state index in [1.807, 2.05) is 24.8 Å². The van der Waals surface area contributed by atoms with Gasteiger partial charge in [0.25, 0.3) is 0 Å². The standard InChI is InChI=1S/C31H48N2O5S/c1-6-8-9-13-19-38-29(37)25-24-27(35)33(23(20-34)21(3)4)26(31(24)17-16-30(25,5)39-31)28(36)32(18-7-2)22-14-11-10-12-15-22/h6-7,21-26,34H,1-2,8-20H2,3-5H3/t23-,24-,25+,26?,30-,31?/m0/s1. The zero-order valence-electron chi connectivity index (χ0n) is 24.1. The lowest BCUT2D eigenvalue weighted by molar-refractivity contribution is -0.156. The largest absolute Gasteiger partial charge is 0.465 e. The lowest BCUT2D eigenvalue weighted by Gasteiger charge is -2.43. The van der Waals surface area contributed by atoms with Crippen molar-refractivity contribution in [1.29, 1.82) is 0 Å². The highest BCUT2D eigenvalue weighted by Gasteiger charge is 2.78. The predicted octanol–water partition coefficient (Wildman–Crippen LogP) is 4.73. The maximum atomic E-state index is 14.7. The molecule has 0 aromatic carbocycles. The van der Waals surface area contributed by atoms with Crippen LogP contribution in [0.5, 0.6) is 0 Å². The second-order valence-corrected chi connectivity index (χ2v) is 14.4. The van der Waals surface area contributed by atoms with Gasteiger partial charge in [-0.25, -0.2) is 0 Å². The Kier molecular flexibility index (Phi) is 9.57. The summed E-state index contributed by atoms with van der Waals surface area (Å²) in [5.41, 5.74) is 0. The molecule has 1 saturated carbocycles. The molecule has 6 atom stereocenters. The summed E-state index contributed by atoms with van der Waals surface area (Å²) in [6, 6.07) is -1.08. The summed E-state index contributed by atoms with van der Waals surface area (Å²) >= 11 is 1.67. The lowest BCUT2D eigenvalue weighted by atomic mass is 9.66. The van der Waals surface area contributed by atoms with Gasteiger partial charge in [-0.05, 0) is 57.8 Å². The van der Waals surface area contributed by atoms with Gasteiger partial charge in [-0.2, -0.15) is 0 Å². The van der Waals surface area contributed by atoms with Gasteiger partial charge >= 0.3 is 5.97 Å². The Morgan fingerprint density at radius 1 is 1.18 bits per heavy atom. The Balaban J connectivity index is 1.71. The van der Waals surface area contributed by atoms with Gasteiger partial charge in [-0.3, -0.25) is 14.4 Å². The van der Waals surface area contributed by atoms with Gasteiger partial charge in [0.05, 0.1) is 35.8 Å². The Morgan fingerprint density at radius 3 is 2.51 bits per heavy atom. The average Bonchev–Trinajstić information content (AvgIpc) is 3.48. The van der Waals surface area contributed by atoms with E-state index >= 15 is 0 Å². The zero-order chi connectivity index (χ0) is 28.4. The molecule has 2 amide bonds. The SMILES string of the molecule is C=CCCCCOC(=O)[C@H]1[C@H]2C(=O)N([C@@H](CO)C(C)C)C(C(=O)N(CC=C)C3CCCCC3)C23CC[C@]1(C)S3. The van der Waals surface area contributed by atoms with Crippen LogP contribution in [0.2, 0.25) is 0 Å². The normalized spacial score (nSPS) is 32.8. The molecule has 8 heteroatoms. The fourth-order valence-corrected chi connectivity index (χ4v) is 10.1. The van der Waals surface area contributed by atoms with Crippen molar-refractivity contribution in [2.75, 3.05) is 19.8 Å². The van der Waals surface area contributed by atoms with Crippen molar-refractivity contribution in [2.24, 2.45) is 17.8 Å². The van der Waals surface area contributed by atoms with Crippen LogP contribution in [-0.2, 0) is 19.1 Å². The number of rotatable bonds is 13. The number of thioether (sulfide) groups is 1. The number of allylic oxidation sites excluding steroid dienone is 1. The molecule has 1 aliphatic carbocycles. The molecule has 2 unspecified atom stereocenters. The van der Waals surface area contributed by atoms with Gasteiger partial charge in [0, 0.05) is 17.3 Å². The molecule has 2 bridgehead atoms. The molecule has 3 saturated heterocycles. The van der Waals surface area contributed by atoms with Crippen LogP contribution in [0.3, 0.4) is 0 Å². The number of amides is 2. The second kappa shape index (κ2) is 12.4. The van der Waals surface area contributed by atoms with Gasteiger partial charge in [0.15, 0.2) is 0 Å². The topological polar surface area (TPSA) is 87.1 Å². The summed E-state index contributed by atoms with van der Waals surface area (Å²) in [6.07, 6.45) is 12.9. The molecule has 4 fully saturated rings. The minimum atomic E-state index is -0.714. The van der Waals surface area contributed by atoms with Crippen LogP contribution in [-0.4, -0.2) is 80.1 Å². The predicted molar refractivity (Wildman–Crippen MR) is 155 cm³/mol. The molecule has 4 aliphatic rings. The number of hydrogen-bond acceptors (Lipinski definition) is 6. The van der Waals surface area contributed by atoms with Crippen LogP contribution < -0.4 is 0 Å². The molecule has 39 heavy (non-hydrogen) atoms. The van der Waals surface area contributed by atoms with E-state index < -0.39 is 33.4 Å². The third-order valence-electron chi connectivity index (χ3n) is 9.69. The maximum Gasteiger partial charge on any atom is 0.311 e. The number of ether oxygens (including phenoxy) is 1. The van der Waals surface area contributed by atoms with Crippen LogP contribution in [0.25, 0.3) is 0 Å². The van der Waals surface area contributed by atoms with Crippen molar-refractivity contribution in [3.05, 3.63) is 25.3 Å². The number of unbranched alkanes of at least 4 members (excludes halogenated alkanes) is 2. The molecule has 1 spiro atoms. The van der Waals surface area contributed by atoms with Gasteiger partial charge < -0.3 is 19.6 Å². The van der Waals surface area contributed by atoms with Crippen LogP contribution in [0.1, 0.15) is 85.0 Å². The van der Waals surface area contributed by atoms with Gasteiger partial charge in [-0.15, -0.1) is 24.9 Å². The van der Waals surface area contributed by atoms with Crippen LogP contribution in [0.4, 0.5) is 0 Å². The second-order valence-electron chi connectivity index (χ2n) is 12.5. The van der Waals surface area contributed by atoms with Crippen molar-refractivity contribution < 1.29 is 24.2 Å². The highest BCUT2D eigenvalue weighted by atomic mass is 32.2. The molecular formula is C31H48N2O5S. The number of nitrogens with zero attached hydrogens (tertiary/aromatic N) is 2. The Morgan fingerprint density at radius 2 is 1.90 bits per heavy atom. The molecule has 0 aromatic heterocycles. The monoisotopic (exact) mass is 560 g/mol. The van der Waals surface area contributed by atoms with Crippen molar-refractivity contribution in [2.45, 2.75) is 113 Å². The zero-order valence-corrected chi connectivity index (χ0v) is 24.9. The molecule has 7 nitrogen and oxygen atoms in total. The molecule has 218 valence electrons. The Hall–Kier alpha value is -1.80. The van der Waals surface area contributed by atoms with E-state index in [4.69, 9.17) is 4.74 Å². The number of carbonyl (C=O) groups is 3. The van der Waals surface area contributed by atoms with Crippen molar-refractivity contribution in [3.63, 3.8) is 0 Å². The number of hydrogen-bond donors (Lipinski definition) is 1. The number of aliphatic hydroxyl groups excluding tert-OH is 1. The summed E-state index contributed by atoms with van der Waals surface area (Å²) in [5.74, 6) is -1.81. The van der Waals surface area contributed by atoms with E-state index in [2.05, 4.69) is 20.1 Å². The smallest absolute Gasteiger partial charge is 0.311 e. The number of esters is 1. The minimum absolute atomic E-state index is 0.0416. The molecule has 4 rings (SSSR count). The van der Waals surface area contributed by atoms with E-state index in [0.29, 0.717) is 19.6 Å². The molecule has 1 N–H and O–H groups in total. The first-order chi connectivity index (χ1) is 18.7.